The summed E-state index contributed by atoms with van der Waals surface area (Å²) < 4.78 is 13.1. The molecule has 1 saturated carbocycles. The Kier molecular flexibility index (Phi) is 7.96. The molecule has 1 aliphatic rings. The number of amides is 1. The minimum atomic E-state index is -0.525. The van der Waals surface area contributed by atoms with E-state index in [2.05, 4.69) is 24.3 Å². The van der Waals surface area contributed by atoms with Gasteiger partial charge in [0.05, 0.1) is 31.5 Å². The molecule has 1 amide bonds. The molecule has 170 valence electrons. The zero-order valence-corrected chi connectivity index (χ0v) is 19.2. The summed E-state index contributed by atoms with van der Waals surface area (Å²) >= 11 is 0. The van der Waals surface area contributed by atoms with Gasteiger partial charge in [-0.3, -0.25) is 9.48 Å². The van der Waals surface area contributed by atoms with Crippen LogP contribution in [0.2, 0.25) is 0 Å². The summed E-state index contributed by atoms with van der Waals surface area (Å²) in [6, 6.07) is 7.01. The molecule has 2 aromatic rings. The van der Waals surface area contributed by atoms with Gasteiger partial charge >= 0.3 is 0 Å². The van der Waals surface area contributed by atoms with E-state index in [-0.39, 0.29) is 5.91 Å². The average Bonchev–Trinajstić information content (AvgIpc) is 3.14. The van der Waals surface area contributed by atoms with Crippen molar-refractivity contribution in [1.29, 1.82) is 0 Å². The van der Waals surface area contributed by atoms with Crippen molar-refractivity contribution in [2.75, 3.05) is 19.5 Å². The largest absolute Gasteiger partial charge is 0.496 e. The molecule has 1 heterocycles. The Hall–Kier alpha value is -2.54. The van der Waals surface area contributed by atoms with Gasteiger partial charge in [-0.2, -0.15) is 5.10 Å². The van der Waals surface area contributed by atoms with Crippen LogP contribution in [-0.4, -0.2) is 35.9 Å². The maximum atomic E-state index is 12.8. The number of ether oxygens (including phenoxy) is 2. The van der Waals surface area contributed by atoms with Crippen LogP contribution in [0.3, 0.4) is 0 Å². The number of rotatable bonds is 9. The summed E-state index contributed by atoms with van der Waals surface area (Å²) in [6.07, 6.45) is 6.83. The zero-order chi connectivity index (χ0) is 22.4. The fourth-order valence-electron chi connectivity index (χ4n) is 4.38. The third kappa shape index (κ3) is 5.79. The summed E-state index contributed by atoms with van der Waals surface area (Å²) in [6.45, 7) is 4.95. The number of benzene rings is 1. The lowest BCUT2D eigenvalue weighted by Crippen LogP contribution is -2.37. The zero-order valence-electron chi connectivity index (χ0n) is 19.2. The molecule has 1 aliphatic carbocycles. The Morgan fingerprint density at radius 3 is 2.42 bits per heavy atom. The van der Waals surface area contributed by atoms with Crippen LogP contribution < -0.4 is 20.5 Å². The Balaban J connectivity index is 1.84. The maximum Gasteiger partial charge on any atom is 0.242 e. The molecule has 31 heavy (non-hydrogen) atoms. The molecule has 1 aromatic carbocycles. The third-order valence-corrected chi connectivity index (χ3v) is 5.90. The van der Waals surface area contributed by atoms with Crippen LogP contribution in [0.15, 0.2) is 24.3 Å². The second kappa shape index (κ2) is 10.7. The van der Waals surface area contributed by atoms with Gasteiger partial charge in [-0.05, 0) is 30.4 Å². The molecule has 7 heteroatoms. The van der Waals surface area contributed by atoms with Crippen molar-refractivity contribution >= 4 is 11.7 Å². The van der Waals surface area contributed by atoms with Gasteiger partial charge in [-0.15, -0.1) is 0 Å². The number of aromatic nitrogens is 2. The lowest BCUT2D eigenvalue weighted by Gasteiger charge is -2.23. The van der Waals surface area contributed by atoms with Crippen LogP contribution in [-0.2, 0) is 11.3 Å². The van der Waals surface area contributed by atoms with Gasteiger partial charge in [-0.25, -0.2) is 0 Å². The molecule has 1 atom stereocenters. The molecule has 0 radical (unpaired) electrons. The molecule has 0 aliphatic heterocycles. The number of anilines is 1. The number of hydrogen-bond acceptors (Lipinski definition) is 5. The van der Waals surface area contributed by atoms with Crippen LogP contribution in [0, 0.1) is 11.8 Å². The monoisotopic (exact) mass is 428 g/mol. The summed E-state index contributed by atoms with van der Waals surface area (Å²) in [7, 11) is 3.27. The molecular weight excluding hydrogens is 392 g/mol. The van der Waals surface area contributed by atoms with E-state index in [0.29, 0.717) is 35.7 Å². The molecule has 0 unspecified atom stereocenters. The van der Waals surface area contributed by atoms with E-state index in [1.807, 2.05) is 28.9 Å². The molecule has 1 aromatic heterocycles. The standard InChI is InChI=1S/C24H36N4O3/c1-16(2)15-28-19(23-20(30-3)11-8-12-21(23)31-4)14-22(27-28)26-24(29)18(25)13-17-9-6-5-7-10-17/h8,11-12,14,16-18H,5-7,9-10,13,15,25H2,1-4H3,(H,26,27,29)/t18-/m0/s1. The predicted molar refractivity (Wildman–Crippen MR) is 123 cm³/mol. The summed E-state index contributed by atoms with van der Waals surface area (Å²) in [5.74, 6) is 2.61. The van der Waals surface area contributed by atoms with Crippen molar-refractivity contribution < 1.29 is 14.3 Å². The van der Waals surface area contributed by atoms with E-state index in [4.69, 9.17) is 15.2 Å². The molecule has 0 saturated heterocycles. The molecule has 3 rings (SSSR count). The number of methoxy groups -OCH3 is 2. The van der Waals surface area contributed by atoms with Gasteiger partial charge in [0.15, 0.2) is 5.82 Å². The lowest BCUT2D eigenvalue weighted by atomic mass is 9.85. The number of carbonyl (C=O) groups excluding carboxylic acids is 1. The Morgan fingerprint density at radius 2 is 1.84 bits per heavy atom. The molecule has 0 spiro atoms. The lowest BCUT2D eigenvalue weighted by molar-refractivity contribution is -0.117. The smallest absolute Gasteiger partial charge is 0.242 e. The average molecular weight is 429 g/mol. The first-order chi connectivity index (χ1) is 14.9. The fraction of sp³-hybridized carbons (Fsp3) is 0.583. The van der Waals surface area contributed by atoms with Crippen molar-refractivity contribution in [2.45, 2.75) is 65.0 Å². The van der Waals surface area contributed by atoms with E-state index in [1.165, 1.54) is 32.1 Å². The normalized spacial score (nSPS) is 15.7. The van der Waals surface area contributed by atoms with Crippen LogP contribution in [0.1, 0.15) is 52.4 Å². The Labute approximate surface area is 185 Å². The SMILES string of the molecule is COc1cccc(OC)c1-c1cc(NC(=O)[C@@H](N)CC2CCCCC2)nn1CC(C)C. The first kappa shape index (κ1) is 23.1. The number of carbonyl (C=O) groups is 1. The highest BCUT2D eigenvalue weighted by Crippen LogP contribution is 2.39. The minimum absolute atomic E-state index is 0.182. The fourth-order valence-corrected chi connectivity index (χ4v) is 4.38. The third-order valence-electron chi connectivity index (χ3n) is 5.90. The first-order valence-electron chi connectivity index (χ1n) is 11.3. The highest BCUT2D eigenvalue weighted by molar-refractivity contribution is 5.94. The van der Waals surface area contributed by atoms with Crippen molar-refractivity contribution in [1.82, 2.24) is 9.78 Å². The second-order valence-electron chi connectivity index (χ2n) is 8.86. The van der Waals surface area contributed by atoms with Gasteiger partial charge in [0.25, 0.3) is 0 Å². The number of nitrogens with one attached hydrogen (secondary N) is 1. The maximum absolute atomic E-state index is 12.8. The Bertz CT molecular complexity index is 849. The van der Waals surface area contributed by atoms with E-state index >= 15 is 0 Å². The second-order valence-corrected chi connectivity index (χ2v) is 8.86. The van der Waals surface area contributed by atoms with Gasteiger partial charge in [0.1, 0.15) is 11.5 Å². The van der Waals surface area contributed by atoms with E-state index < -0.39 is 6.04 Å². The predicted octanol–water partition coefficient (Wildman–Crippen LogP) is 4.46. The number of nitrogens with zero attached hydrogens (tertiary/aromatic N) is 2. The summed E-state index contributed by atoms with van der Waals surface area (Å²) in [5, 5.41) is 7.60. The van der Waals surface area contributed by atoms with E-state index in [9.17, 15) is 4.79 Å². The topological polar surface area (TPSA) is 91.4 Å². The van der Waals surface area contributed by atoms with Crippen LogP contribution in [0.25, 0.3) is 11.3 Å². The highest BCUT2D eigenvalue weighted by Gasteiger charge is 2.24. The van der Waals surface area contributed by atoms with Gasteiger partial charge in [0.2, 0.25) is 5.91 Å². The first-order valence-corrected chi connectivity index (χ1v) is 11.3. The molecule has 1 fully saturated rings. The van der Waals surface area contributed by atoms with Gasteiger partial charge in [0, 0.05) is 12.6 Å². The van der Waals surface area contributed by atoms with Crippen molar-refractivity contribution in [3.63, 3.8) is 0 Å². The highest BCUT2D eigenvalue weighted by atomic mass is 16.5. The van der Waals surface area contributed by atoms with Gasteiger partial charge in [-0.1, -0.05) is 52.0 Å². The van der Waals surface area contributed by atoms with Crippen LogP contribution >= 0.6 is 0 Å². The van der Waals surface area contributed by atoms with Crippen LogP contribution in [0.5, 0.6) is 11.5 Å². The van der Waals surface area contributed by atoms with E-state index in [1.54, 1.807) is 14.2 Å². The Morgan fingerprint density at radius 1 is 1.19 bits per heavy atom. The van der Waals surface area contributed by atoms with Crippen molar-refractivity contribution in [3.05, 3.63) is 24.3 Å². The van der Waals surface area contributed by atoms with Crippen molar-refractivity contribution in [2.24, 2.45) is 17.6 Å². The molecule has 3 N–H and O–H groups in total. The summed E-state index contributed by atoms with van der Waals surface area (Å²) in [4.78, 5) is 12.8. The minimum Gasteiger partial charge on any atom is -0.496 e. The molecule has 0 bridgehead atoms. The molecule has 7 nitrogen and oxygen atoms in total. The van der Waals surface area contributed by atoms with Crippen LogP contribution in [0.4, 0.5) is 5.82 Å². The van der Waals surface area contributed by atoms with Gasteiger partial charge < -0.3 is 20.5 Å². The summed E-state index contributed by atoms with van der Waals surface area (Å²) in [5.41, 5.74) is 7.88. The van der Waals surface area contributed by atoms with Crippen molar-refractivity contribution in [3.8, 4) is 22.8 Å². The van der Waals surface area contributed by atoms with E-state index in [0.717, 1.165) is 17.7 Å². The number of hydrogen-bond donors (Lipinski definition) is 2. The quantitative estimate of drug-likeness (QED) is 0.615. The molecular formula is C24H36N4O3. The number of nitrogens with two attached hydrogens (primary N) is 1.